The fourth-order valence-electron chi connectivity index (χ4n) is 2.61. The number of anilines is 1. The lowest BCUT2D eigenvalue weighted by atomic mass is 10.1. The maximum atomic E-state index is 12.7. The standard InChI is InChI=1S/C23H14ClF3N2O2S/c24-16-5-9-18(10-6-16)32-19-11-7-17(8-12-19)29-22(31)20(13-28)21(30)14-1-3-15(4-2-14)23(25,26)27/h1-12,30H,(H,29,31)/b21-20-. The van der Waals surface area contributed by atoms with Gasteiger partial charge in [-0.15, -0.1) is 0 Å². The van der Waals surface area contributed by atoms with Crippen LogP contribution in [0.2, 0.25) is 5.02 Å². The highest BCUT2D eigenvalue weighted by Crippen LogP contribution is 2.31. The zero-order valence-electron chi connectivity index (χ0n) is 16.2. The minimum atomic E-state index is -4.54. The zero-order valence-corrected chi connectivity index (χ0v) is 17.7. The Bertz CT molecular complexity index is 1180. The van der Waals surface area contributed by atoms with Crippen LogP contribution in [0.5, 0.6) is 0 Å². The number of halogens is 4. The number of aliphatic hydroxyl groups is 1. The molecule has 162 valence electrons. The number of alkyl halides is 3. The van der Waals surface area contributed by atoms with Crippen molar-refractivity contribution < 1.29 is 23.1 Å². The van der Waals surface area contributed by atoms with E-state index in [4.69, 9.17) is 11.6 Å². The second kappa shape index (κ2) is 9.81. The van der Waals surface area contributed by atoms with Gasteiger partial charge in [-0.1, -0.05) is 35.5 Å². The summed E-state index contributed by atoms with van der Waals surface area (Å²) in [6.07, 6.45) is -4.54. The summed E-state index contributed by atoms with van der Waals surface area (Å²) in [7, 11) is 0. The minimum absolute atomic E-state index is 0.0839. The number of amides is 1. The highest BCUT2D eigenvalue weighted by atomic mass is 35.5. The lowest BCUT2D eigenvalue weighted by Gasteiger charge is -2.09. The molecule has 0 aliphatic rings. The van der Waals surface area contributed by atoms with Crippen LogP contribution in [0.25, 0.3) is 5.76 Å². The first-order valence-corrected chi connectivity index (χ1v) is 10.2. The predicted molar refractivity (Wildman–Crippen MR) is 117 cm³/mol. The van der Waals surface area contributed by atoms with E-state index < -0.39 is 29.0 Å². The lowest BCUT2D eigenvalue weighted by Crippen LogP contribution is -2.15. The monoisotopic (exact) mass is 474 g/mol. The highest BCUT2D eigenvalue weighted by Gasteiger charge is 2.30. The van der Waals surface area contributed by atoms with Gasteiger partial charge in [0, 0.05) is 26.1 Å². The van der Waals surface area contributed by atoms with Crippen molar-refractivity contribution in [1.82, 2.24) is 0 Å². The maximum absolute atomic E-state index is 12.7. The SMILES string of the molecule is N#C/C(C(=O)Nc1ccc(Sc2ccc(Cl)cc2)cc1)=C(/O)c1ccc(C(F)(F)F)cc1. The molecule has 0 radical (unpaired) electrons. The summed E-state index contributed by atoms with van der Waals surface area (Å²) in [6.45, 7) is 0. The summed E-state index contributed by atoms with van der Waals surface area (Å²) < 4.78 is 38.1. The second-order valence-electron chi connectivity index (χ2n) is 6.45. The lowest BCUT2D eigenvalue weighted by molar-refractivity contribution is -0.137. The van der Waals surface area contributed by atoms with Crippen LogP contribution < -0.4 is 5.32 Å². The quantitative estimate of drug-likeness (QED) is 0.238. The first-order valence-electron chi connectivity index (χ1n) is 9.03. The average Bonchev–Trinajstić information content (AvgIpc) is 2.76. The van der Waals surface area contributed by atoms with Crippen molar-refractivity contribution in [2.24, 2.45) is 0 Å². The molecule has 9 heteroatoms. The number of benzene rings is 3. The molecule has 2 N–H and O–H groups in total. The van der Waals surface area contributed by atoms with E-state index in [1.54, 1.807) is 42.5 Å². The van der Waals surface area contributed by atoms with Crippen LogP contribution in [0.1, 0.15) is 11.1 Å². The number of rotatable bonds is 5. The maximum Gasteiger partial charge on any atom is 0.416 e. The van der Waals surface area contributed by atoms with Gasteiger partial charge in [-0.25, -0.2) is 0 Å². The third kappa shape index (κ3) is 5.84. The number of nitriles is 1. The molecule has 1 amide bonds. The number of aliphatic hydroxyl groups excluding tert-OH is 1. The van der Waals surface area contributed by atoms with Crippen LogP contribution in [0.3, 0.4) is 0 Å². The molecule has 3 rings (SSSR count). The molecule has 0 atom stereocenters. The molecular formula is C23H14ClF3N2O2S. The fraction of sp³-hybridized carbons (Fsp3) is 0.0435. The molecule has 0 aliphatic heterocycles. The Morgan fingerprint density at radius 1 is 0.938 bits per heavy atom. The molecule has 0 aromatic heterocycles. The Balaban J connectivity index is 1.72. The van der Waals surface area contributed by atoms with Crippen molar-refractivity contribution in [3.63, 3.8) is 0 Å². The fourth-order valence-corrected chi connectivity index (χ4v) is 3.55. The number of carbonyl (C=O) groups excluding carboxylic acids is 1. The van der Waals surface area contributed by atoms with E-state index in [-0.39, 0.29) is 5.56 Å². The third-order valence-corrected chi connectivity index (χ3v) is 5.49. The van der Waals surface area contributed by atoms with Crippen LogP contribution >= 0.6 is 23.4 Å². The predicted octanol–water partition coefficient (Wildman–Crippen LogP) is 6.94. The highest BCUT2D eigenvalue weighted by molar-refractivity contribution is 7.99. The van der Waals surface area contributed by atoms with Crippen molar-refractivity contribution in [2.75, 3.05) is 5.32 Å². The number of nitrogens with one attached hydrogen (secondary N) is 1. The summed E-state index contributed by atoms with van der Waals surface area (Å²) in [5, 5.41) is 22.7. The summed E-state index contributed by atoms with van der Waals surface area (Å²) in [4.78, 5) is 14.3. The third-order valence-electron chi connectivity index (χ3n) is 4.22. The van der Waals surface area contributed by atoms with Crippen molar-refractivity contribution in [1.29, 1.82) is 5.26 Å². The molecule has 3 aromatic carbocycles. The average molecular weight is 475 g/mol. The van der Waals surface area contributed by atoms with E-state index in [2.05, 4.69) is 5.32 Å². The summed E-state index contributed by atoms with van der Waals surface area (Å²) in [5.41, 5.74) is -1.24. The molecule has 0 saturated heterocycles. The topological polar surface area (TPSA) is 73.1 Å². The zero-order chi connectivity index (χ0) is 23.3. The number of carbonyl (C=O) groups is 1. The molecule has 0 fully saturated rings. The largest absolute Gasteiger partial charge is 0.506 e. The Labute approximate surface area is 191 Å². The van der Waals surface area contributed by atoms with Gasteiger partial charge in [-0.2, -0.15) is 18.4 Å². The van der Waals surface area contributed by atoms with Crippen molar-refractivity contribution in [3.05, 3.63) is 94.5 Å². The van der Waals surface area contributed by atoms with E-state index in [0.717, 1.165) is 34.1 Å². The van der Waals surface area contributed by atoms with Gasteiger partial charge in [0.1, 0.15) is 11.8 Å². The Hall–Kier alpha value is -3.41. The van der Waals surface area contributed by atoms with Crippen molar-refractivity contribution in [2.45, 2.75) is 16.0 Å². The normalized spacial score (nSPS) is 12.0. The van der Waals surface area contributed by atoms with E-state index in [9.17, 15) is 28.3 Å². The van der Waals surface area contributed by atoms with Crippen LogP contribution in [0, 0.1) is 11.3 Å². The van der Waals surface area contributed by atoms with Crippen LogP contribution in [-0.4, -0.2) is 11.0 Å². The van der Waals surface area contributed by atoms with E-state index >= 15 is 0 Å². The van der Waals surface area contributed by atoms with Crippen molar-refractivity contribution in [3.8, 4) is 6.07 Å². The van der Waals surface area contributed by atoms with Crippen LogP contribution in [-0.2, 0) is 11.0 Å². The summed E-state index contributed by atoms with van der Waals surface area (Å²) in [6, 6.07) is 19.2. The van der Waals surface area contributed by atoms with Gasteiger partial charge in [0.15, 0.2) is 5.57 Å². The molecular weight excluding hydrogens is 461 g/mol. The van der Waals surface area contributed by atoms with Gasteiger partial charge in [0.2, 0.25) is 0 Å². The first-order chi connectivity index (χ1) is 15.2. The van der Waals surface area contributed by atoms with Gasteiger partial charge >= 0.3 is 6.18 Å². The minimum Gasteiger partial charge on any atom is -0.506 e. The van der Waals surface area contributed by atoms with Gasteiger partial charge in [0.25, 0.3) is 5.91 Å². The molecule has 3 aromatic rings. The van der Waals surface area contributed by atoms with E-state index in [1.165, 1.54) is 11.8 Å². The molecule has 0 bridgehead atoms. The van der Waals surface area contributed by atoms with Gasteiger partial charge < -0.3 is 10.4 Å². The van der Waals surface area contributed by atoms with E-state index in [0.29, 0.717) is 10.7 Å². The van der Waals surface area contributed by atoms with Gasteiger partial charge in [0.05, 0.1) is 5.56 Å². The Morgan fingerprint density at radius 2 is 1.47 bits per heavy atom. The van der Waals surface area contributed by atoms with Crippen LogP contribution in [0.15, 0.2) is 88.2 Å². The first kappa shape index (κ1) is 23.3. The Kier molecular flexibility index (Phi) is 7.13. The van der Waals surface area contributed by atoms with E-state index in [1.807, 2.05) is 12.1 Å². The van der Waals surface area contributed by atoms with Gasteiger partial charge in [-0.05, 0) is 60.7 Å². The molecule has 0 saturated carbocycles. The molecule has 32 heavy (non-hydrogen) atoms. The molecule has 0 unspecified atom stereocenters. The molecule has 0 aliphatic carbocycles. The molecule has 4 nitrogen and oxygen atoms in total. The number of nitrogens with zero attached hydrogens (tertiary/aromatic N) is 1. The summed E-state index contributed by atoms with van der Waals surface area (Å²) in [5.74, 6) is -1.60. The van der Waals surface area contributed by atoms with Gasteiger partial charge in [-0.3, -0.25) is 4.79 Å². The van der Waals surface area contributed by atoms with Crippen LogP contribution in [0.4, 0.5) is 18.9 Å². The molecule has 0 heterocycles. The smallest absolute Gasteiger partial charge is 0.416 e. The number of hydrogen-bond donors (Lipinski definition) is 2. The number of hydrogen-bond acceptors (Lipinski definition) is 4. The molecule has 0 spiro atoms. The van der Waals surface area contributed by atoms with Crippen molar-refractivity contribution >= 4 is 40.7 Å². The Morgan fingerprint density at radius 3 is 1.97 bits per heavy atom. The second-order valence-corrected chi connectivity index (χ2v) is 8.03. The summed E-state index contributed by atoms with van der Waals surface area (Å²) >= 11 is 7.36.